The van der Waals surface area contributed by atoms with Crippen LogP contribution in [0.4, 0.5) is 10.5 Å². The van der Waals surface area contributed by atoms with Crippen LogP contribution in [0.1, 0.15) is 19.7 Å². The average Bonchev–Trinajstić information content (AvgIpc) is 3.34. The first-order valence-corrected chi connectivity index (χ1v) is 11.8. The van der Waals surface area contributed by atoms with Gasteiger partial charge in [0.2, 0.25) is 21.7 Å². The molecule has 0 aliphatic carbocycles. The fourth-order valence-electron chi connectivity index (χ4n) is 3.79. The lowest BCUT2D eigenvalue weighted by atomic mass is 10.2. The smallest absolute Gasteiger partial charge is 0.414 e. The lowest BCUT2D eigenvalue weighted by molar-refractivity contribution is 0.0936. The number of rotatable bonds is 6. The zero-order chi connectivity index (χ0) is 22.2. The van der Waals surface area contributed by atoms with E-state index in [1.807, 2.05) is 24.3 Å². The van der Waals surface area contributed by atoms with Crippen LogP contribution in [0.2, 0.25) is 0 Å². The quantitative estimate of drug-likeness (QED) is 0.656. The number of anilines is 1. The summed E-state index contributed by atoms with van der Waals surface area (Å²) in [5.41, 5.74) is 1.54. The summed E-state index contributed by atoms with van der Waals surface area (Å²) in [4.78, 5) is 20.4. The number of carbonyl (C=O) groups is 1. The Bertz CT molecular complexity index is 1030. The number of carbonyl (C=O) groups excluding carboxylic acids is 1. The molecule has 0 saturated carbocycles. The number of amides is 1. The molecular weight excluding hydrogens is 422 g/mol. The fraction of sp³-hybridized carbons (Fsp3) is 0.550. The Morgan fingerprint density at radius 2 is 1.81 bits per heavy atom. The van der Waals surface area contributed by atoms with Gasteiger partial charge in [-0.1, -0.05) is 5.16 Å². The fourth-order valence-corrected chi connectivity index (χ4v) is 5.06. The van der Waals surface area contributed by atoms with Gasteiger partial charge in [-0.05, 0) is 38.1 Å². The van der Waals surface area contributed by atoms with E-state index in [2.05, 4.69) is 15.0 Å². The van der Waals surface area contributed by atoms with Crippen LogP contribution >= 0.6 is 0 Å². The molecule has 2 fully saturated rings. The first kappa shape index (κ1) is 21.7. The van der Waals surface area contributed by atoms with Gasteiger partial charge in [-0.3, -0.25) is 9.80 Å². The highest BCUT2D eigenvalue weighted by Crippen LogP contribution is 2.25. The predicted octanol–water partition coefficient (Wildman–Crippen LogP) is 1.73. The topological polar surface area (TPSA) is 109 Å². The van der Waals surface area contributed by atoms with Gasteiger partial charge in [0.15, 0.2) is 0 Å². The largest absolute Gasteiger partial charge is 0.443 e. The molecule has 168 valence electrons. The maximum absolute atomic E-state index is 12.4. The molecule has 10 nitrogen and oxygen atoms in total. The van der Waals surface area contributed by atoms with Gasteiger partial charge in [0, 0.05) is 50.9 Å². The second kappa shape index (κ2) is 8.56. The third-order valence-corrected chi connectivity index (χ3v) is 7.86. The van der Waals surface area contributed by atoms with Gasteiger partial charge in [-0.15, -0.1) is 0 Å². The van der Waals surface area contributed by atoms with Crippen molar-refractivity contribution in [2.45, 2.75) is 32.1 Å². The lowest BCUT2D eigenvalue weighted by Crippen LogP contribution is -2.52. The van der Waals surface area contributed by atoms with Gasteiger partial charge in [0.05, 0.1) is 11.8 Å². The van der Waals surface area contributed by atoms with Crippen LogP contribution in [0.25, 0.3) is 11.4 Å². The van der Waals surface area contributed by atoms with Crippen LogP contribution in [-0.2, 0) is 14.8 Å². The SMILES string of the molecule is Cc1nc(-c2ccc(N3CC(CN4CCN(S(=O)(=O)C(C)C)CC4)OC3=O)cc2)no1. The van der Waals surface area contributed by atoms with Gasteiger partial charge in [0.25, 0.3) is 0 Å². The van der Waals surface area contributed by atoms with Crippen LogP contribution in [0.5, 0.6) is 0 Å². The summed E-state index contributed by atoms with van der Waals surface area (Å²) in [6.45, 7) is 8.33. The molecule has 0 spiro atoms. The number of hydrogen-bond donors (Lipinski definition) is 0. The summed E-state index contributed by atoms with van der Waals surface area (Å²) in [5, 5.41) is 3.48. The Hall–Kier alpha value is -2.50. The van der Waals surface area contributed by atoms with Crippen LogP contribution in [0.3, 0.4) is 0 Å². The van der Waals surface area contributed by atoms with E-state index in [1.54, 1.807) is 30.0 Å². The van der Waals surface area contributed by atoms with Crippen molar-refractivity contribution in [3.63, 3.8) is 0 Å². The summed E-state index contributed by atoms with van der Waals surface area (Å²) in [7, 11) is -3.23. The summed E-state index contributed by atoms with van der Waals surface area (Å²) >= 11 is 0. The molecule has 1 amide bonds. The van der Waals surface area contributed by atoms with Crippen LogP contribution in [0, 0.1) is 6.92 Å². The number of ether oxygens (including phenoxy) is 1. The molecule has 0 bridgehead atoms. The number of piperazine rings is 1. The van der Waals surface area contributed by atoms with Crippen LogP contribution < -0.4 is 4.90 Å². The highest BCUT2D eigenvalue weighted by Gasteiger charge is 2.35. The van der Waals surface area contributed by atoms with E-state index in [4.69, 9.17) is 9.26 Å². The molecule has 2 saturated heterocycles. The Kier molecular flexibility index (Phi) is 6.00. The van der Waals surface area contributed by atoms with E-state index in [0.29, 0.717) is 51.0 Å². The second-order valence-electron chi connectivity index (χ2n) is 8.09. The van der Waals surface area contributed by atoms with Crippen molar-refractivity contribution in [3.05, 3.63) is 30.2 Å². The molecule has 1 unspecified atom stereocenters. The van der Waals surface area contributed by atoms with Crippen molar-refractivity contribution >= 4 is 21.8 Å². The minimum atomic E-state index is -3.23. The molecule has 1 atom stereocenters. The van der Waals surface area contributed by atoms with E-state index in [9.17, 15) is 13.2 Å². The maximum atomic E-state index is 12.4. The minimum absolute atomic E-state index is 0.264. The third kappa shape index (κ3) is 4.58. The number of benzene rings is 1. The molecule has 11 heteroatoms. The zero-order valence-electron chi connectivity index (χ0n) is 17.9. The monoisotopic (exact) mass is 449 g/mol. The van der Waals surface area contributed by atoms with E-state index < -0.39 is 15.3 Å². The molecule has 2 aliphatic rings. The number of aromatic nitrogens is 2. The van der Waals surface area contributed by atoms with Crippen molar-refractivity contribution in [1.29, 1.82) is 0 Å². The van der Waals surface area contributed by atoms with Crippen molar-refractivity contribution in [1.82, 2.24) is 19.3 Å². The molecular formula is C20H27N5O5S. The highest BCUT2D eigenvalue weighted by atomic mass is 32.2. The summed E-state index contributed by atoms with van der Waals surface area (Å²) in [6.07, 6.45) is -0.644. The molecule has 3 heterocycles. The molecule has 4 rings (SSSR count). The normalized spacial score (nSPS) is 21.1. The molecule has 0 N–H and O–H groups in total. The van der Waals surface area contributed by atoms with Crippen molar-refractivity contribution in [2.75, 3.05) is 44.2 Å². The van der Waals surface area contributed by atoms with E-state index in [1.165, 1.54) is 0 Å². The minimum Gasteiger partial charge on any atom is -0.443 e. The third-order valence-electron chi connectivity index (χ3n) is 5.59. The Morgan fingerprint density at radius 1 is 1.13 bits per heavy atom. The first-order valence-electron chi connectivity index (χ1n) is 10.3. The molecule has 1 aromatic carbocycles. The van der Waals surface area contributed by atoms with Gasteiger partial charge in [-0.2, -0.15) is 9.29 Å². The standard InChI is InChI=1S/C20H27N5O5S/c1-14(2)31(27,28)24-10-8-23(9-11-24)12-18-13-25(20(26)29-18)17-6-4-16(5-7-17)19-21-15(3)30-22-19/h4-7,14,18H,8-13H2,1-3H3. The summed E-state index contributed by atoms with van der Waals surface area (Å²) in [6, 6.07) is 7.35. The number of hydrogen-bond acceptors (Lipinski definition) is 8. The van der Waals surface area contributed by atoms with Crippen LogP contribution in [-0.4, -0.2) is 84.5 Å². The van der Waals surface area contributed by atoms with Gasteiger partial charge in [0.1, 0.15) is 6.10 Å². The number of nitrogens with zero attached hydrogens (tertiary/aromatic N) is 5. The zero-order valence-corrected chi connectivity index (χ0v) is 18.7. The molecule has 2 aliphatic heterocycles. The maximum Gasteiger partial charge on any atom is 0.414 e. The Balaban J connectivity index is 1.33. The van der Waals surface area contributed by atoms with Crippen LogP contribution in [0.15, 0.2) is 28.8 Å². The Morgan fingerprint density at radius 3 is 2.39 bits per heavy atom. The van der Waals surface area contributed by atoms with Gasteiger partial charge >= 0.3 is 6.09 Å². The molecule has 31 heavy (non-hydrogen) atoms. The predicted molar refractivity (Wildman–Crippen MR) is 114 cm³/mol. The van der Waals surface area contributed by atoms with E-state index in [-0.39, 0.29) is 12.2 Å². The molecule has 2 aromatic rings. The number of aryl methyl sites for hydroxylation is 1. The lowest BCUT2D eigenvalue weighted by Gasteiger charge is -2.35. The molecule has 0 radical (unpaired) electrons. The first-order chi connectivity index (χ1) is 14.7. The number of sulfonamides is 1. The highest BCUT2D eigenvalue weighted by molar-refractivity contribution is 7.89. The van der Waals surface area contributed by atoms with Gasteiger partial charge < -0.3 is 9.26 Å². The second-order valence-corrected chi connectivity index (χ2v) is 10.6. The van der Waals surface area contributed by atoms with E-state index in [0.717, 1.165) is 11.3 Å². The van der Waals surface area contributed by atoms with E-state index >= 15 is 0 Å². The summed E-state index contributed by atoms with van der Waals surface area (Å²) < 4.78 is 36.7. The van der Waals surface area contributed by atoms with Crippen molar-refractivity contribution < 1.29 is 22.5 Å². The van der Waals surface area contributed by atoms with Crippen molar-refractivity contribution in [2.24, 2.45) is 0 Å². The molecule has 1 aromatic heterocycles. The Labute approximate surface area is 181 Å². The van der Waals surface area contributed by atoms with Gasteiger partial charge in [-0.25, -0.2) is 13.2 Å². The average molecular weight is 450 g/mol. The number of cyclic esters (lactones) is 1. The summed E-state index contributed by atoms with van der Waals surface area (Å²) in [5.74, 6) is 0.997. The van der Waals surface area contributed by atoms with Crippen molar-refractivity contribution in [3.8, 4) is 11.4 Å².